The van der Waals surface area contributed by atoms with Crippen LogP contribution in [0.4, 0.5) is 0 Å². The van der Waals surface area contributed by atoms with Crippen molar-refractivity contribution in [1.29, 1.82) is 0 Å². The lowest BCUT2D eigenvalue weighted by Gasteiger charge is -2.24. The van der Waals surface area contributed by atoms with E-state index in [4.69, 9.17) is 4.74 Å². The topological polar surface area (TPSA) is 55.2 Å². The Morgan fingerprint density at radius 1 is 1.33 bits per heavy atom. The van der Waals surface area contributed by atoms with Crippen molar-refractivity contribution in [2.75, 3.05) is 6.61 Å². The number of benzene rings is 1. The van der Waals surface area contributed by atoms with Crippen molar-refractivity contribution in [1.82, 2.24) is 9.59 Å². The first-order valence-corrected chi connectivity index (χ1v) is 8.01. The molecule has 0 saturated heterocycles. The molecule has 0 aliphatic carbocycles. The summed E-state index contributed by atoms with van der Waals surface area (Å²) in [5.74, 6) is 0.838. The van der Waals surface area contributed by atoms with E-state index >= 15 is 0 Å². The summed E-state index contributed by atoms with van der Waals surface area (Å²) in [5, 5.41) is 15.0. The summed E-state index contributed by atoms with van der Waals surface area (Å²) < 4.78 is 9.84. The van der Waals surface area contributed by atoms with Gasteiger partial charge in [0.15, 0.2) is 0 Å². The number of ether oxygens (including phenoxy) is 1. The second-order valence-corrected chi connectivity index (χ2v) is 7.21. The van der Waals surface area contributed by atoms with Gasteiger partial charge in [0, 0.05) is 11.0 Å². The van der Waals surface area contributed by atoms with Crippen molar-refractivity contribution in [2.45, 2.75) is 45.1 Å². The molecule has 0 amide bonds. The monoisotopic (exact) mass is 304 g/mol. The molecular formula is C16H20N2O2S. The van der Waals surface area contributed by atoms with Crippen LogP contribution in [0.2, 0.25) is 0 Å². The summed E-state index contributed by atoms with van der Waals surface area (Å²) in [6.45, 7) is 6.95. The van der Waals surface area contributed by atoms with Crippen molar-refractivity contribution in [2.24, 2.45) is 0 Å². The van der Waals surface area contributed by atoms with E-state index in [1.807, 2.05) is 12.1 Å². The van der Waals surface area contributed by atoms with Gasteiger partial charge in [-0.3, -0.25) is 0 Å². The fourth-order valence-corrected chi connectivity index (χ4v) is 3.54. The molecule has 2 heterocycles. The van der Waals surface area contributed by atoms with Gasteiger partial charge in [-0.25, -0.2) is 0 Å². The molecule has 4 nitrogen and oxygen atoms in total. The Kier molecular flexibility index (Phi) is 3.71. The van der Waals surface area contributed by atoms with E-state index in [1.165, 1.54) is 17.1 Å². The normalized spacial score (nSPS) is 16.2. The van der Waals surface area contributed by atoms with Crippen LogP contribution in [-0.2, 0) is 11.8 Å². The van der Waals surface area contributed by atoms with Crippen LogP contribution in [0, 0.1) is 0 Å². The summed E-state index contributed by atoms with van der Waals surface area (Å²) in [4.78, 5) is 0.810. The van der Waals surface area contributed by atoms with Crippen LogP contribution < -0.4 is 4.74 Å². The Hall–Kier alpha value is -1.46. The molecule has 1 aromatic carbocycles. The van der Waals surface area contributed by atoms with Gasteiger partial charge in [0.2, 0.25) is 0 Å². The van der Waals surface area contributed by atoms with E-state index in [1.54, 1.807) is 0 Å². The lowest BCUT2D eigenvalue weighted by molar-refractivity contribution is 0.207. The van der Waals surface area contributed by atoms with E-state index in [9.17, 15) is 5.11 Å². The lowest BCUT2D eigenvalue weighted by Crippen LogP contribution is -2.17. The van der Waals surface area contributed by atoms with Crippen molar-refractivity contribution in [3.8, 4) is 5.75 Å². The van der Waals surface area contributed by atoms with Crippen LogP contribution in [0.3, 0.4) is 0 Å². The smallest absolute Gasteiger partial charge is 0.128 e. The van der Waals surface area contributed by atoms with Crippen LogP contribution in [-0.4, -0.2) is 21.3 Å². The zero-order valence-electron chi connectivity index (χ0n) is 12.6. The number of para-hydroxylation sites is 1. The zero-order valence-corrected chi connectivity index (χ0v) is 13.4. The molecule has 0 spiro atoms. The second kappa shape index (κ2) is 5.39. The number of fused-ring (bicyclic) bond motifs is 1. The molecule has 112 valence electrons. The number of hydrogen-bond donors (Lipinski definition) is 1. The standard InChI is InChI=1S/C16H20N2O2S/c1-16(2,3)15-14(21-18-17-15)12(19)11-8-4-6-10-7-5-9-20-13(10)11/h4,6,8,12,19H,5,7,9H2,1-3H3. The minimum Gasteiger partial charge on any atom is -0.493 e. The first kappa shape index (κ1) is 14.5. The SMILES string of the molecule is CC(C)(C)c1nnsc1C(O)c1cccc2c1OCCC2. The van der Waals surface area contributed by atoms with Gasteiger partial charge in [0.25, 0.3) is 0 Å². The molecule has 0 radical (unpaired) electrons. The van der Waals surface area contributed by atoms with Crippen LogP contribution >= 0.6 is 11.5 Å². The van der Waals surface area contributed by atoms with E-state index in [2.05, 4.69) is 36.4 Å². The number of aromatic nitrogens is 2. The van der Waals surface area contributed by atoms with Gasteiger partial charge in [-0.1, -0.05) is 43.5 Å². The molecule has 1 N–H and O–H groups in total. The number of aliphatic hydroxyl groups excluding tert-OH is 1. The third-order valence-corrected chi connectivity index (χ3v) is 4.51. The predicted octanol–water partition coefficient (Wildman–Crippen LogP) is 3.24. The highest BCUT2D eigenvalue weighted by atomic mass is 32.1. The van der Waals surface area contributed by atoms with Gasteiger partial charge in [0.1, 0.15) is 11.9 Å². The summed E-state index contributed by atoms with van der Waals surface area (Å²) in [6.07, 6.45) is 1.30. The molecule has 1 aromatic heterocycles. The molecule has 2 aromatic rings. The Balaban J connectivity index is 2.04. The summed E-state index contributed by atoms with van der Waals surface area (Å²) >= 11 is 1.26. The average molecular weight is 304 g/mol. The Morgan fingerprint density at radius 3 is 2.90 bits per heavy atom. The minimum atomic E-state index is -0.729. The molecule has 0 fully saturated rings. The Bertz CT molecular complexity index is 646. The maximum absolute atomic E-state index is 10.8. The van der Waals surface area contributed by atoms with E-state index < -0.39 is 6.10 Å². The van der Waals surface area contributed by atoms with Crippen LogP contribution in [0.1, 0.15) is 55.0 Å². The van der Waals surface area contributed by atoms with Gasteiger partial charge in [-0.2, -0.15) is 0 Å². The molecule has 1 aliphatic heterocycles. The molecular weight excluding hydrogens is 284 g/mol. The first-order valence-electron chi connectivity index (χ1n) is 7.24. The molecule has 5 heteroatoms. The molecule has 1 unspecified atom stereocenters. The van der Waals surface area contributed by atoms with Gasteiger partial charge in [-0.15, -0.1) is 5.10 Å². The largest absolute Gasteiger partial charge is 0.493 e. The number of hydrogen-bond acceptors (Lipinski definition) is 5. The third-order valence-electron chi connectivity index (χ3n) is 3.73. The molecule has 21 heavy (non-hydrogen) atoms. The quantitative estimate of drug-likeness (QED) is 0.925. The van der Waals surface area contributed by atoms with Crippen molar-refractivity contribution in [3.05, 3.63) is 39.9 Å². The fraction of sp³-hybridized carbons (Fsp3) is 0.500. The predicted molar refractivity (Wildman–Crippen MR) is 82.9 cm³/mol. The van der Waals surface area contributed by atoms with Gasteiger partial charge in [0.05, 0.1) is 17.2 Å². The van der Waals surface area contributed by atoms with E-state index in [0.29, 0.717) is 6.61 Å². The maximum Gasteiger partial charge on any atom is 0.128 e. The van der Waals surface area contributed by atoms with Gasteiger partial charge >= 0.3 is 0 Å². The van der Waals surface area contributed by atoms with Crippen LogP contribution in [0.15, 0.2) is 18.2 Å². The molecule has 1 aliphatic rings. The number of aliphatic hydroxyl groups is 1. The van der Waals surface area contributed by atoms with E-state index in [-0.39, 0.29) is 5.41 Å². The van der Waals surface area contributed by atoms with E-state index in [0.717, 1.165) is 34.7 Å². The molecule has 0 bridgehead atoms. The first-order chi connectivity index (χ1) is 9.98. The number of aryl methyl sites for hydroxylation is 1. The number of rotatable bonds is 2. The van der Waals surface area contributed by atoms with Crippen LogP contribution in [0.25, 0.3) is 0 Å². The number of nitrogens with zero attached hydrogens (tertiary/aromatic N) is 2. The third kappa shape index (κ3) is 2.68. The van der Waals surface area contributed by atoms with Gasteiger partial charge < -0.3 is 9.84 Å². The molecule has 0 saturated carbocycles. The van der Waals surface area contributed by atoms with Gasteiger partial charge in [-0.05, 0) is 29.9 Å². The zero-order chi connectivity index (χ0) is 15.0. The average Bonchev–Trinajstić information content (AvgIpc) is 2.95. The fourth-order valence-electron chi connectivity index (χ4n) is 2.67. The molecule has 1 atom stereocenters. The summed E-state index contributed by atoms with van der Waals surface area (Å²) in [6, 6.07) is 5.98. The summed E-state index contributed by atoms with van der Waals surface area (Å²) in [5.41, 5.74) is 2.71. The van der Waals surface area contributed by atoms with Crippen molar-refractivity contribution in [3.63, 3.8) is 0 Å². The lowest BCUT2D eigenvalue weighted by atomic mass is 9.89. The highest BCUT2D eigenvalue weighted by molar-refractivity contribution is 7.05. The minimum absolute atomic E-state index is 0.140. The summed E-state index contributed by atoms with van der Waals surface area (Å²) in [7, 11) is 0. The second-order valence-electron chi connectivity index (χ2n) is 6.43. The highest BCUT2D eigenvalue weighted by Gasteiger charge is 2.29. The molecule has 3 rings (SSSR count). The van der Waals surface area contributed by atoms with Crippen molar-refractivity contribution >= 4 is 11.5 Å². The Labute approximate surface area is 128 Å². The maximum atomic E-state index is 10.8. The highest BCUT2D eigenvalue weighted by Crippen LogP contribution is 2.39. The van der Waals surface area contributed by atoms with Crippen LogP contribution in [0.5, 0.6) is 5.75 Å². The Morgan fingerprint density at radius 2 is 2.14 bits per heavy atom. The van der Waals surface area contributed by atoms with Crippen molar-refractivity contribution < 1.29 is 9.84 Å².